The molecule has 0 aliphatic rings. The van der Waals surface area contributed by atoms with Crippen molar-refractivity contribution in [2.75, 3.05) is 7.11 Å². The summed E-state index contributed by atoms with van der Waals surface area (Å²) in [4.78, 5) is 11.8. The summed E-state index contributed by atoms with van der Waals surface area (Å²) < 4.78 is 19.2. The molecular weight excluding hydrogens is 250 g/mol. The van der Waals surface area contributed by atoms with Crippen molar-refractivity contribution in [2.45, 2.75) is 31.6 Å². The van der Waals surface area contributed by atoms with Crippen LogP contribution in [0.3, 0.4) is 0 Å². The zero-order chi connectivity index (χ0) is 13.8. The van der Waals surface area contributed by atoms with E-state index in [1.54, 1.807) is 12.1 Å². The first kappa shape index (κ1) is 14.9. The van der Waals surface area contributed by atoms with Gasteiger partial charge in [-0.05, 0) is 26.3 Å². The summed E-state index contributed by atoms with van der Waals surface area (Å²) in [5.74, 6) is -0.446. The van der Waals surface area contributed by atoms with Crippen LogP contribution in [0.15, 0.2) is 30.3 Å². The highest BCUT2D eigenvalue weighted by Gasteiger charge is 2.28. The summed E-state index contributed by atoms with van der Waals surface area (Å²) >= 11 is 0. The molecule has 18 heavy (non-hydrogen) atoms. The Bertz CT molecular complexity index is 426. The molecule has 5 heteroatoms. The number of nitrogens with one attached hydrogen (secondary N) is 1. The van der Waals surface area contributed by atoms with E-state index in [1.807, 2.05) is 39.0 Å². The van der Waals surface area contributed by atoms with Crippen molar-refractivity contribution in [2.24, 2.45) is 0 Å². The van der Waals surface area contributed by atoms with Crippen LogP contribution in [-0.2, 0) is 20.5 Å². The van der Waals surface area contributed by atoms with Gasteiger partial charge in [-0.3, -0.25) is 0 Å². The van der Waals surface area contributed by atoms with Crippen LogP contribution in [0.2, 0.25) is 0 Å². The van der Waals surface area contributed by atoms with Crippen LogP contribution in [0, 0.1) is 0 Å². The van der Waals surface area contributed by atoms with E-state index in [2.05, 4.69) is 4.72 Å². The molecule has 1 rings (SSSR count). The van der Waals surface area contributed by atoms with Crippen molar-refractivity contribution >= 4 is 17.0 Å². The van der Waals surface area contributed by atoms with Gasteiger partial charge >= 0.3 is 5.97 Å². The second kappa shape index (κ2) is 6.11. The van der Waals surface area contributed by atoms with Gasteiger partial charge in [0.2, 0.25) is 0 Å². The highest BCUT2D eigenvalue weighted by molar-refractivity contribution is 7.84. The molecule has 0 spiro atoms. The van der Waals surface area contributed by atoms with Gasteiger partial charge in [0.15, 0.2) is 0 Å². The smallest absolute Gasteiger partial charge is 0.328 e. The third kappa shape index (κ3) is 3.92. The summed E-state index contributed by atoms with van der Waals surface area (Å²) in [5.41, 5.74) is 0.738. The Morgan fingerprint density at radius 3 is 2.28 bits per heavy atom. The summed E-state index contributed by atoms with van der Waals surface area (Å²) in [6, 6.07) is 8.40. The summed E-state index contributed by atoms with van der Waals surface area (Å²) in [6.07, 6.45) is 0. The third-order valence-electron chi connectivity index (χ3n) is 2.35. The van der Waals surface area contributed by atoms with E-state index in [0.29, 0.717) is 0 Å². The fraction of sp³-hybridized carbons (Fsp3) is 0.462. The Balaban J connectivity index is 2.95. The molecule has 4 nitrogen and oxygen atoms in total. The van der Waals surface area contributed by atoms with Crippen LogP contribution in [0.25, 0.3) is 0 Å². The summed E-state index contributed by atoms with van der Waals surface area (Å²) in [6.45, 7) is 5.53. The normalized spacial score (nSPS) is 14.9. The van der Waals surface area contributed by atoms with Crippen LogP contribution in [-0.4, -0.2) is 22.0 Å². The highest BCUT2D eigenvalue weighted by Crippen LogP contribution is 2.18. The summed E-state index contributed by atoms with van der Waals surface area (Å²) in [5, 5.41) is 0. The Morgan fingerprint density at radius 1 is 1.28 bits per heavy atom. The van der Waals surface area contributed by atoms with E-state index in [0.717, 1.165) is 5.56 Å². The van der Waals surface area contributed by atoms with Crippen LogP contribution in [0.1, 0.15) is 32.4 Å². The molecule has 0 aliphatic heterocycles. The molecule has 0 fully saturated rings. The highest BCUT2D eigenvalue weighted by atomic mass is 32.2. The maximum Gasteiger partial charge on any atom is 0.328 e. The SMILES string of the molecule is COC(=O)[C@H](N[S@@](=O)C(C)(C)C)c1ccccc1. The predicted molar refractivity (Wildman–Crippen MR) is 72.2 cm³/mol. The third-order valence-corrected chi connectivity index (χ3v) is 3.91. The fourth-order valence-corrected chi connectivity index (χ4v) is 2.10. The average molecular weight is 269 g/mol. The number of esters is 1. The lowest BCUT2D eigenvalue weighted by molar-refractivity contribution is -0.142. The molecule has 1 N–H and O–H groups in total. The van der Waals surface area contributed by atoms with Gasteiger partial charge in [0.1, 0.15) is 6.04 Å². The maximum atomic E-state index is 12.1. The Hall–Kier alpha value is -1.20. The quantitative estimate of drug-likeness (QED) is 0.850. The number of ether oxygens (including phenoxy) is 1. The van der Waals surface area contributed by atoms with Gasteiger partial charge in [0, 0.05) is 0 Å². The molecular formula is C13H19NO3S. The molecule has 100 valence electrons. The Kier molecular flexibility index (Phi) is 5.04. The van der Waals surface area contributed by atoms with Gasteiger partial charge in [0.25, 0.3) is 0 Å². The molecule has 0 heterocycles. The molecule has 0 amide bonds. The van der Waals surface area contributed by atoms with Crippen molar-refractivity contribution in [3.63, 3.8) is 0 Å². The van der Waals surface area contributed by atoms with E-state index < -0.39 is 27.7 Å². The van der Waals surface area contributed by atoms with Crippen LogP contribution >= 0.6 is 0 Å². The van der Waals surface area contributed by atoms with Crippen molar-refractivity contribution in [3.8, 4) is 0 Å². The topological polar surface area (TPSA) is 55.4 Å². The second-order valence-electron chi connectivity index (χ2n) is 4.87. The standard InChI is InChI=1S/C13H19NO3S/c1-13(2,3)18(16)14-11(12(15)17-4)10-8-6-5-7-9-10/h5-9,11,14H,1-4H3/t11-,18+/m1/s1. The molecule has 1 aromatic carbocycles. The van der Waals surface area contributed by atoms with Crippen molar-refractivity contribution < 1.29 is 13.7 Å². The van der Waals surface area contributed by atoms with Crippen molar-refractivity contribution in [1.82, 2.24) is 4.72 Å². The van der Waals surface area contributed by atoms with Gasteiger partial charge in [-0.2, -0.15) is 0 Å². The van der Waals surface area contributed by atoms with Crippen molar-refractivity contribution in [1.29, 1.82) is 0 Å². The lowest BCUT2D eigenvalue weighted by Gasteiger charge is -2.23. The second-order valence-corrected chi connectivity index (χ2v) is 6.86. The van der Waals surface area contributed by atoms with E-state index in [4.69, 9.17) is 4.74 Å². The molecule has 0 radical (unpaired) electrons. The number of carbonyl (C=O) groups excluding carboxylic acids is 1. The van der Waals surface area contributed by atoms with Crippen LogP contribution in [0.4, 0.5) is 0 Å². The van der Waals surface area contributed by atoms with Crippen molar-refractivity contribution in [3.05, 3.63) is 35.9 Å². The number of methoxy groups -OCH3 is 1. The van der Waals surface area contributed by atoms with E-state index in [1.165, 1.54) is 7.11 Å². The van der Waals surface area contributed by atoms with Crippen LogP contribution in [0.5, 0.6) is 0 Å². The first-order valence-corrected chi connectivity index (χ1v) is 6.82. The van der Waals surface area contributed by atoms with E-state index in [9.17, 15) is 9.00 Å². The molecule has 0 unspecified atom stereocenters. The minimum absolute atomic E-state index is 0.443. The molecule has 0 saturated carbocycles. The molecule has 2 atom stereocenters. The van der Waals surface area contributed by atoms with E-state index >= 15 is 0 Å². The van der Waals surface area contributed by atoms with Gasteiger partial charge in [-0.1, -0.05) is 30.3 Å². The number of carbonyl (C=O) groups is 1. The fourth-order valence-electron chi connectivity index (χ4n) is 1.30. The molecule has 0 aliphatic carbocycles. The first-order valence-electron chi connectivity index (χ1n) is 5.67. The average Bonchev–Trinajstić information content (AvgIpc) is 2.34. The first-order chi connectivity index (χ1) is 8.36. The molecule has 1 aromatic rings. The van der Waals surface area contributed by atoms with Gasteiger partial charge < -0.3 is 4.74 Å². The number of hydrogen-bond donors (Lipinski definition) is 1. The minimum Gasteiger partial charge on any atom is -0.468 e. The van der Waals surface area contributed by atoms with Crippen LogP contribution < -0.4 is 4.72 Å². The molecule has 0 saturated heterocycles. The van der Waals surface area contributed by atoms with Gasteiger partial charge in [0.05, 0.1) is 22.8 Å². The molecule has 0 aromatic heterocycles. The zero-order valence-corrected chi connectivity index (χ0v) is 11.9. The van der Waals surface area contributed by atoms with E-state index in [-0.39, 0.29) is 0 Å². The zero-order valence-electron chi connectivity index (χ0n) is 11.1. The lowest BCUT2D eigenvalue weighted by Crippen LogP contribution is -2.39. The minimum atomic E-state index is -1.34. The van der Waals surface area contributed by atoms with Gasteiger partial charge in [-0.25, -0.2) is 13.7 Å². The largest absolute Gasteiger partial charge is 0.468 e. The predicted octanol–water partition coefficient (Wildman–Crippen LogP) is 1.95. The number of hydrogen-bond acceptors (Lipinski definition) is 3. The summed E-state index contributed by atoms with van der Waals surface area (Å²) in [7, 11) is -0.0215. The monoisotopic (exact) mass is 269 g/mol. The Labute approximate surface area is 110 Å². The number of benzene rings is 1. The molecule has 0 bridgehead atoms. The maximum absolute atomic E-state index is 12.1. The number of rotatable bonds is 4. The lowest BCUT2D eigenvalue weighted by atomic mass is 10.1. The Morgan fingerprint density at radius 2 is 1.83 bits per heavy atom. The van der Waals surface area contributed by atoms with Gasteiger partial charge in [-0.15, -0.1) is 0 Å².